The van der Waals surface area contributed by atoms with Crippen LogP contribution in [0.15, 0.2) is 34.8 Å². The van der Waals surface area contributed by atoms with E-state index in [-0.39, 0.29) is 30.5 Å². The first-order valence-electron chi connectivity index (χ1n) is 10.7. The molecule has 2 rings (SSSR count). The van der Waals surface area contributed by atoms with E-state index in [1.807, 2.05) is 6.08 Å². The van der Waals surface area contributed by atoms with Gasteiger partial charge in [0, 0.05) is 20.8 Å². The number of aryl methyl sites for hydroxylation is 2. The molecule has 1 aliphatic rings. The predicted molar refractivity (Wildman–Crippen MR) is 127 cm³/mol. The maximum Gasteiger partial charge on any atom is 0.0724 e. The first-order chi connectivity index (χ1) is 14.0. The molecular formula is C23H34BBrO3S. The van der Waals surface area contributed by atoms with Gasteiger partial charge in [-0.1, -0.05) is 30.6 Å². The summed E-state index contributed by atoms with van der Waals surface area (Å²) in [4.78, 5) is 2.55. The molecule has 0 bridgehead atoms. The maximum atomic E-state index is 10.5. The lowest BCUT2D eigenvalue weighted by Crippen LogP contribution is -2.19. The van der Waals surface area contributed by atoms with Crippen molar-refractivity contribution in [3.63, 3.8) is 0 Å². The van der Waals surface area contributed by atoms with Gasteiger partial charge in [-0.05, 0) is 91.6 Å². The number of halogens is 1. The van der Waals surface area contributed by atoms with Gasteiger partial charge in [0.1, 0.15) is 0 Å². The van der Waals surface area contributed by atoms with Crippen molar-refractivity contribution in [3.8, 4) is 0 Å². The minimum Gasteiger partial charge on any atom is -0.396 e. The monoisotopic (exact) mass is 480 g/mol. The first kappa shape index (κ1) is 24.9. The first-order valence-corrected chi connectivity index (χ1v) is 12.3. The summed E-state index contributed by atoms with van der Waals surface area (Å²) in [6.07, 6.45) is 13.9. The Bertz CT molecular complexity index is 641. The van der Waals surface area contributed by atoms with Crippen LogP contribution in [-0.2, 0) is 6.42 Å². The molecule has 1 aromatic rings. The molecule has 1 saturated carbocycles. The van der Waals surface area contributed by atoms with Crippen molar-refractivity contribution in [1.82, 2.24) is 0 Å². The van der Waals surface area contributed by atoms with E-state index >= 15 is 0 Å². The van der Waals surface area contributed by atoms with E-state index in [2.05, 4.69) is 47.1 Å². The van der Waals surface area contributed by atoms with Crippen LogP contribution in [0.3, 0.4) is 0 Å². The molecule has 0 aliphatic heterocycles. The number of unbranched alkanes of at least 4 members (excludes halogenated alkanes) is 2. The Morgan fingerprint density at radius 1 is 1.34 bits per heavy atom. The molecular weight excluding hydrogens is 447 g/mol. The molecule has 5 atom stereocenters. The van der Waals surface area contributed by atoms with Crippen LogP contribution in [0.1, 0.15) is 48.3 Å². The van der Waals surface area contributed by atoms with Crippen molar-refractivity contribution in [2.24, 2.45) is 17.8 Å². The maximum absolute atomic E-state index is 10.5. The molecule has 160 valence electrons. The highest BCUT2D eigenvalue weighted by molar-refractivity contribution is 9.10. The van der Waals surface area contributed by atoms with E-state index in [9.17, 15) is 10.2 Å². The number of rotatable bonds is 12. The van der Waals surface area contributed by atoms with Crippen LogP contribution < -0.4 is 0 Å². The molecule has 29 heavy (non-hydrogen) atoms. The second-order valence-electron chi connectivity index (χ2n) is 8.07. The highest BCUT2D eigenvalue weighted by Crippen LogP contribution is 2.42. The van der Waals surface area contributed by atoms with Gasteiger partial charge in [-0.25, -0.2) is 0 Å². The highest BCUT2D eigenvalue weighted by Gasteiger charge is 2.39. The van der Waals surface area contributed by atoms with E-state index in [1.54, 1.807) is 11.3 Å². The van der Waals surface area contributed by atoms with Crippen molar-refractivity contribution < 1.29 is 15.3 Å². The van der Waals surface area contributed by atoms with Crippen molar-refractivity contribution in [3.05, 3.63) is 44.6 Å². The zero-order valence-electron chi connectivity index (χ0n) is 17.3. The fourth-order valence-corrected chi connectivity index (χ4v) is 5.76. The number of aliphatic hydroxyl groups is 3. The Morgan fingerprint density at radius 3 is 2.79 bits per heavy atom. The van der Waals surface area contributed by atoms with Crippen LogP contribution >= 0.6 is 27.3 Å². The number of allylic oxidation sites excluding steroid dienone is 3. The average molecular weight is 481 g/mol. The lowest BCUT2D eigenvalue weighted by Gasteiger charge is -2.21. The molecule has 0 aromatic carbocycles. The van der Waals surface area contributed by atoms with Crippen LogP contribution in [0.4, 0.5) is 0 Å². The van der Waals surface area contributed by atoms with Crippen molar-refractivity contribution >= 4 is 35.1 Å². The Kier molecular flexibility index (Phi) is 11.2. The summed E-state index contributed by atoms with van der Waals surface area (Å²) in [7, 11) is 5.96. The summed E-state index contributed by atoms with van der Waals surface area (Å²) < 4.78 is 1.14. The van der Waals surface area contributed by atoms with Crippen LogP contribution in [-0.4, -0.2) is 42.0 Å². The number of thiophene rings is 1. The minimum absolute atomic E-state index is 0.150. The molecule has 3 nitrogen and oxygen atoms in total. The third-order valence-electron chi connectivity index (χ3n) is 5.88. The summed E-state index contributed by atoms with van der Waals surface area (Å²) in [6, 6.07) is 2.14. The molecule has 6 heteroatoms. The third kappa shape index (κ3) is 7.99. The molecule has 0 spiro atoms. The normalized spacial score (nSPS) is 26.1. The van der Waals surface area contributed by atoms with Crippen LogP contribution in [0.5, 0.6) is 0 Å². The molecule has 2 radical (unpaired) electrons. The third-order valence-corrected chi connectivity index (χ3v) is 8.08. The fourth-order valence-electron chi connectivity index (χ4n) is 4.14. The molecule has 1 aliphatic carbocycles. The van der Waals surface area contributed by atoms with Crippen molar-refractivity contribution in [1.29, 1.82) is 0 Å². The zero-order valence-corrected chi connectivity index (χ0v) is 19.7. The largest absolute Gasteiger partial charge is 0.396 e. The van der Waals surface area contributed by atoms with Gasteiger partial charge >= 0.3 is 0 Å². The quantitative estimate of drug-likeness (QED) is 0.224. The summed E-state index contributed by atoms with van der Waals surface area (Å²) in [5, 5.41) is 29.8. The Morgan fingerprint density at radius 2 is 2.14 bits per heavy atom. The van der Waals surface area contributed by atoms with Gasteiger partial charge in [-0.2, -0.15) is 0 Å². The summed E-state index contributed by atoms with van der Waals surface area (Å²) in [6.45, 7) is 2.33. The smallest absolute Gasteiger partial charge is 0.0724 e. The second-order valence-corrected chi connectivity index (χ2v) is 10.3. The zero-order chi connectivity index (χ0) is 21.2. The van der Waals surface area contributed by atoms with E-state index in [0.29, 0.717) is 12.7 Å². The molecule has 0 amide bonds. The van der Waals surface area contributed by atoms with Gasteiger partial charge in [0.15, 0.2) is 0 Å². The SMILES string of the molecule is [B]C[C@@H]1CC(O)[C@H](C/C=C\CCCCO)[C@H]1/C=C/[C@@H](O)CCc1cc(Br)c(C)s1. The lowest BCUT2D eigenvalue weighted by atomic mass is 9.80. The molecule has 1 unspecified atom stereocenters. The number of hydrogen-bond acceptors (Lipinski definition) is 4. The number of hydrogen-bond donors (Lipinski definition) is 3. The van der Waals surface area contributed by atoms with E-state index in [0.717, 1.165) is 43.0 Å². The number of aliphatic hydroxyl groups excluding tert-OH is 3. The predicted octanol–water partition coefficient (Wildman–Crippen LogP) is 4.98. The second kappa shape index (κ2) is 13.1. The Hall–Kier alpha value is -0.395. The average Bonchev–Trinajstić information content (AvgIpc) is 3.19. The molecule has 1 aromatic heterocycles. The Labute approximate surface area is 189 Å². The fraction of sp³-hybridized carbons (Fsp3) is 0.652. The minimum atomic E-state index is -0.484. The van der Waals surface area contributed by atoms with Crippen molar-refractivity contribution in [2.45, 2.75) is 70.4 Å². The summed E-state index contributed by atoms with van der Waals surface area (Å²) in [5.74, 6) is 0.610. The molecule has 3 N–H and O–H groups in total. The molecule has 0 saturated heterocycles. The standard InChI is InChI=1S/C23H34BBrO3S/c1-16-22(25)14-19(29-16)10-8-18(27)9-11-20-17(15-24)13-23(28)21(20)7-5-3-2-4-6-12-26/h3,5,9,11,14,17-18,20-21,23,26-28H,2,4,6-8,10,12-13,15H2,1H3/b5-3-,11-9+/t17-,18-,20-,21+,23?/m0/s1. The van der Waals surface area contributed by atoms with E-state index < -0.39 is 6.10 Å². The highest BCUT2D eigenvalue weighted by atomic mass is 79.9. The molecule has 1 fully saturated rings. The Balaban J connectivity index is 1.88. The summed E-state index contributed by atoms with van der Waals surface area (Å²) >= 11 is 5.31. The van der Waals surface area contributed by atoms with Crippen molar-refractivity contribution in [2.75, 3.05) is 6.61 Å². The molecule has 1 heterocycles. The topological polar surface area (TPSA) is 60.7 Å². The lowest BCUT2D eigenvalue weighted by molar-refractivity contribution is 0.125. The van der Waals surface area contributed by atoms with Crippen LogP contribution in [0.2, 0.25) is 6.32 Å². The van der Waals surface area contributed by atoms with Gasteiger partial charge in [0.2, 0.25) is 0 Å². The van der Waals surface area contributed by atoms with Crippen LogP contribution in [0, 0.1) is 24.7 Å². The van der Waals surface area contributed by atoms with Gasteiger partial charge in [0.25, 0.3) is 0 Å². The van der Waals surface area contributed by atoms with E-state index in [4.69, 9.17) is 13.0 Å². The van der Waals surface area contributed by atoms with Crippen LogP contribution in [0.25, 0.3) is 0 Å². The van der Waals surface area contributed by atoms with Gasteiger partial charge < -0.3 is 15.3 Å². The van der Waals surface area contributed by atoms with E-state index in [1.165, 1.54) is 9.75 Å². The van der Waals surface area contributed by atoms with Gasteiger partial charge in [-0.3, -0.25) is 0 Å². The summed E-state index contributed by atoms with van der Waals surface area (Å²) in [5.41, 5.74) is 0. The van der Waals surface area contributed by atoms with Gasteiger partial charge in [0.05, 0.1) is 20.1 Å². The van der Waals surface area contributed by atoms with Gasteiger partial charge in [-0.15, -0.1) is 11.3 Å².